The minimum Gasteiger partial charge on any atom is -0.494 e. The highest BCUT2D eigenvalue weighted by Crippen LogP contribution is 2.25. The van der Waals surface area contributed by atoms with E-state index in [2.05, 4.69) is 27.4 Å². The summed E-state index contributed by atoms with van der Waals surface area (Å²) in [5.41, 5.74) is 2.22. The van der Waals surface area contributed by atoms with Crippen molar-refractivity contribution < 1.29 is 4.74 Å². The van der Waals surface area contributed by atoms with Gasteiger partial charge < -0.3 is 10.1 Å². The summed E-state index contributed by atoms with van der Waals surface area (Å²) in [5.74, 6) is 0.856. The van der Waals surface area contributed by atoms with Gasteiger partial charge in [-0.05, 0) is 31.0 Å². The number of nitrogens with zero attached hydrogens (tertiary/aromatic N) is 3. The fourth-order valence-electron chi connectivity index (χ4n) is 3.93. The molecule has 2 fully saturated rings. The average molecular weight is 312 g/mol. The third-order valence-corrected chi connectivity index (χ3v) is 4.95. The first-order valence-electron chi connectivity index (χ1n) is 8.48. The maximum Gasteiger partial charge on any atom is 0.144 e. The number of piperidine rings is 1. The van der Waals surface area contributed by atoms with Crippen molar-refractivity contribution in [3.05, 3.63) is 42.2 Å². The molecule has 2 aliphatic heterocycles. The van der Waals surface area contributed by atoms with Gasteiger partial charge in [-0.25, -0.2) is 4.68 Å². The summed E-state index contributed by atoms with van der Waals surface area (Å²) in [6.07, 6.45) is 5.86. The van der Waals surface area contributed by atoms with Gasteiger partial charge in [-0.3, -0.25) is 4.90 Å². The van der Waals surface area contributed by atoms with Gasteiger partial charge in [0.25, 0.3) is 0 Å². The Morgan fingerprint density at radius 1 is 1.17 bits per heavy atom. The lowest BCUT2D eigenvalue weighted by Gasteiger charge is -2.42. The van der Waals surface area contributed by atoms with Crippen molar-refractivity contribution in [3.8, 4) is 11.4 Å². The summed E-state index contributed by atoms with van der Waals surface area (Å²) in [4.78, 5) is 2.56. The van der Waals surface area contributed by atoms with E-state index in [1.54, 1.807) is 7.11 Å². The van der Waals surface area contributed by atoms with Crippen molar-refractivity contribution >= 4 is 0 Å². The van der Waals surface area contributed by atoms with Gasteiger partial charge in [-0.15, -0.1) is 0 Å². The SMILES string of the molecule is COc1ccccc1-n1nccc1CN1CC2CCCC(C1)N2. The molecule has 0 amide bonds. The molecule has 122 valence electrons. The molecule has 5 heteroatoms. The third-order valence-electron chi connectivity index (χ3n) is 4.95. The quantitative estimate of drug-likeness (QED) is 0.940. The molecule has 2 aromatic rings. The second kappa shape index (κ2) is 6.34. The molecule has 2 bridgehead atoms. The zero-order valence-corrected chi connectivity index (χ0v) is 13.6. The number of methoxy groups -OCH3 is 1. The van der Waals surface area contributed by atoms with Crippen LogP contribution in [0.3, 0.4) is 0 Å². The second-order valence-electron chi connectivity index (χ2n) is 6.59. The van der Waals surface area contributed by atoms with Crippen LogP contribution < -0.4 is 10.1 Å². The van der Waals surface area contributed by atoms with Crippen LogP contribution in [0.15, 0.2) is 36.5 Å². The van der Waals surface area contributed by atoms with Gasteiger partial charge in [-0.1, -0.05) is 18.6 Å². The van der Waals surface area contributed by atoms with Crippen LogP contribution in [0.25, 0.3) is 5.69 Å². The van der Waals surface area contributed by atoms with Crippen LogP contribution in [0.1, 0.15) is 25.0 Å². The molecule has 1 N–H and O–H groups in total. The van der Waals surface area contributed by atoms with Crippen LogP contribution in [0, 0.1) is 0 Å². The van der Waals surface area contributed by atoms with Gasteiger partial charge in [-0.2, -0.15) is 5.10 Å². The first kappa shape index (κ1) is 14.7. The number of rotatable bonds is 4. The molecule has 3 heterocycles. The Hall–Kier alpha value is -1.85. The molecule has 0 spiro atoms. The number of hydrogen-bond acceptors (Lipinski definition) is 4. The lowest BCUT2D eigenvalue weighted by Crippen LogP contribution is -2.58. The van der Waals surface area contributed by atoms with Crippen LogP contribution in [-0.4, -0.2) is 47.0 Å². The van der Waals surface area contributed by atoms with Crippen LogP contribution in [0.5, 0.6) is 5.75 Å². The number of nitrogens with one attached hydrogen (secondary N) is 1. The van der Waals surface area contributed by atoms with Crippen molar-refractivity contribution in [2.24, 2.45) is 0 Å². The van der Waals surface area contributed by atoms with Crippen molar-refractivity contribution in [1.29, 1.82) is 0 Å². The molecule has 0 aliphatic carbocycles. The van der Waals surface area contributed by atoms with E-state index in [0.29, 0.717) is 12.1 Å². The minimum absolute atomic E-state index is 0.658. The average Bonchev–Trinajstić information content (AvgIpc) is 3.02. The van der Waals surface area contributed by atoms with E-state index >= 15 is 0 Å². The summed E-state index contributed by atoms with van der Waals surface area (Å²) in [6.45, 7) is 3.20. The topological polar surface area (TPSA) is 42.3 Å². The smallest absolute Gasteiger partial charge is 0.144 e. The summed E-state index contributed by atoms with van der Waals surface area (Å²) in [6, 6.07) is 11.5. The molecule has 0 radical (unpaired) electrons. The molecule has 0 saturated carbocycles. The van der Waals surface area contributed by atoms with Crippen LogP contribution >= 0.6 is 0 Å². The number of hydrogen-bond donors (Lipinski definition) is 1. The summed E-state index contributed by atoms with van der Waals surface area (Å²) in [7, 11) is 1.71. The lowest BCUT2D eigenvalue weighted by atomic mass is 9.94. The highest BCUT2D eigenvalue weighted by molar-refractivity contribution is 5.46. The first-order valence-corrected chi connectivity index (χ1v) is 8.48. The monoisotopic (exact) mass is 312 g/mol. The second-order valence-corrected chi connectivity index (χ2v) is 6.59. The fourth-order valence-corrected chi connectivity index (χ4v) is 3.93. The molecule has 1 aromatic carbocycles. The maximum atomic E-state index is 5.49. The molecule has 4 rings (SSSR count). The van der Waals surface area contributed by atoms with E-state index in [0.717, 1.165) is 31.1 Å². The van der Waals surface area contributed by atoms with Crippen LogP contribution in [0.2, 0.25) is 0 Å². The number of aromatic nitrogens is 2. The van der Waals surface area contributed by atoms with Crippen molar-refractivity contribution in [3.63, 3.8) is 0 Å². The molecule has 2 atom stereocenters. The fraction of sp³-hybridized carbons (Fsp3) is 0.500. The van der Waals surface area contributed by atoms with E-state index in [9.17, 15) is 0 Å². The predicted octanol–water partition coefficient (Wildman–Crippen LogP) is 2.21. The molecule has 23 heavy (non-hydrogen) atoms. The number of piperazine rings is 1. The third kappa shape index (κ3) is 2.99. The zero-order valence-electron chi connectivity index (χ0n) is 13.6. The Balaban J connectivity index is 1.56. The predicted molar refractivity (Wildman–Crippen MR) is 90.0 cm³/mol. The Kier molecular flexibility index (Phi) is 4.06. The van der Waals surface area contributed by atoms with Crippen molar-refractivity contribution in [2.75, 3.05) is 20.2 Å². The Morgan fingerprint density at radius 2 is 1.96 bits per heavy atom. The normalized spacial score (nSPS) is 24.6. The molecule has 2 saturated heterocycles. The van der Waals surface area contributed by atoms with E-state index < -0.39 is 0 Å². The zero-order chi connectivity index (χ0) is 15.6. The van der Waals surface area contributed by atoms with Crippen molar-refractivity contribution in [1.82, 2.24) is 20.0 Å². The van der Waals surface area contributed by atoms with Gasteiger partial charge in [0.2, 0.25) is 0 Å². The number of likely N-dealkylation sites (tertiary alicyclic amines) is 1. The van der Waals surface area contributed by atoms with E-state index in [1.165, 1.54) is 25.0 Å². The Labute approximate surface area is 137 Å². The van der Waals surface area contributed by atoms with E-state index in [4.69, 9.17) is 4.74 Å². The maximum absolute atomic E-state index is 5.49. The highest BCUT2D eigenvalue weighted by Gasteiger charge is 2.30. The van der Waals surface area contributed by atoms with Crippen LogP contribution in [-0.2, 0) is 6.54 Å². The van der Waals surface area contributed by atoms with Crippen LogP contribution in [0.4, 0.5) is 0 Å². The number of fused-ring (bicyclic) bond motifs is 2. The lowest BCUT2D eigenvalue weighted by molar-refractivity contribution is 0.117. The first-order chi connectivity index (χ1) is 11.3. The minimum atomic E-state index is 0.658. The van der Waals surface area contributed by atoms with Gasteiger partial charge in [0.05, 0.1) is 12.8 Å². The molecule has 2 unspecified atom stereocenters. The Morgan fingerprint density at radius 3 is 2.74 bits per heavy atom. The van der Waals surface area contributed by atoms with E-state index in [1.807, 2.05) is 29.1 Å². The summed E-state index contributed by atoms with van der Waals surface area (Å²) < 4.78 is 7.50. The Bertz CT molecular complexity index is 657. The number of para-hydroxylation sites is 2. The number of ether oxygens (including phenoxy) is 1. The van der Waals surface area contributed by atoms with Crippen molar-refractivity contribution in [2.45, 2.75) is 37.9 Å². The van der Waals surface area contributed by atoms with Gasteiger partial charge in [0.1, 0.15) is 11.4 Å². The molecule has 2 aliphatic rings. The largest absolute Gasteiger partial charge is 0.494 e. The highest BCUT2D eigenvalue weighted by atomic mass is 16.5. The van der Waals surface area contributed by atoms with Gasteiger partial charge in [0, 0.05) is 37.9 Å². The van der Waals surface area contributed by atoms with E-state index in [-0.39, 0.29) is 0 Å². The van der Waals surface area contributed by atoms with Gasteiger partial charge >= 0.3 is 0 Å². The molecule has 5 nitrogen and oxygen atoms in total. The molecular weight excluding hydrogens is 288 g/mol. The molecule has 1 aromatic heterocycles. The summed E-state index contributed by atoms with van der Waals surface area (Å²) >= 11 is 0. The standard InChI is InChI=1S/C18H24N4O/c1-23-18-8-3-2-7-17(18)22-16(9-10-19-22)13-21-11-14-5-4-6-15(12-21)20-14/h2-3,7-10,14-15,20H,4-6,11-13H2,1H3. The number of benzene rings is 1. The summed E-state index contributed by atoms with van der Waals surface area (Å²) in [5, 5.41) is 8.27. The van der Waals surface area contributed by atoms with Gasteiger partial charge in [0.15, 0.2) is 0 Å². The molecular formula is C18H24N4O.